The van der Waals surface area contributed by atoms with Crippen molar-refractivity contribution in [3.63, 3.8) is 0 Å². The topological polar surface area (TPSA) is 41.1 Å². The van der Waals surface area contributed by atoms with Crippen molar-refractivity contribution in [2.45, 2.75) is 52.6 Å². The molecule has 1 saturated heterocycles. The van der Waals surface area contributed by atoms with Gasteiger partial charge in [-0.1, -0.05) is 20.8 Å². The number of nitrogens with one attached hydrogen (secondary N) is 2. The first-order chi connectivity index (χ1) is 7.42. The van der Waals surface area contributed by atoms with Gasteiger partial charge in [0.25, 0.3) is 0 Å². The molecule has 1 heterocycles. The largest absolute Gasteiger partial charge is 0.351 e. The zero-order chi connectivity index (χ0) is 11.9. The maximum Gasteiger partial charge on any atom is 0.223 e. The fourth-order valence-electron chi connectivity index (χ4n) is 2.78. The van der Waals surface area contributed by atoms with Crippen LogP contribution >= 0.6 is 12.4 Å². The number of piperidine rings is 1. The van der Waals surface area contributed by atoms with Crippen LogP contribution in [-0.2, 0) is 4.79 Å². The van der Waals surface area contributed by atoms with Gasteiger partial charge in [0.2, 0.25) is 5.91 Å². The molecule has 0 aromatic carbocycles. The minimum atomic E-state index is 0. The summed E-state index contributed by atoms with van der Waals surface area (Å²) in [5.41, 5.74) is 0.235. The molecule has 2 N–H and O–H groups in total. The van der Waals surface area contributed by atoms with Crippen molar-refractivity contribution < 1.29 is 4.79 Å². The first-order valence-electron chi connectivity index (χ1n) is 6.45. The Hall–Kier alpha value is -0.280. The Labute approximate surface area is 111 Å². The molecule has 4 heteroatoms. The normalized spacial score (nSPS) is 39.1. The Morgan fingerprint density at radius 1 is 1.35 bits per heavy atom. The number of rotatable bonds is 2. The number of hydrogen-bond donors (Lipinski definition) is 2. The summed E-state index contributed by atoms with van der Waals surface area (Å²) in [6, 6.07) is 0.701. The zero-order valence-corrected chi connectivity index (χ0v) is 12.1. The number of hydrogen-bond acceptors (Lipinski definition) is 2. The van der Waals surface area contributed by atoms with E-state index in [-0.39, 0.29) is 29.6 Å². The molecular formula is C13H25ClN2O. The average molecular weight is 261 g/mol. The Morgan fingerprint density at radius 2 is 1.94 bits per heavy atom. The summed E-state index contributed by atoms with van der Waals surface area (Å²) in [7, 11) is 0. The van der Waals surface area contributed by atoms with Gasteiger partial charge >= 0.3 is 0 Å². The minimum Gasteiger partial charge on any atom is -0.351 e. The monoisotopic (exact) mass is 260 g/mol. The summed E-state index contributed by atoms with van der Waals surface area (Å²) >= 11 is 0. The Morgan fingerprint density at radius 3 is 2.41 bits per heavy atom. The van der Waals surface area contributed by atoms with Crippen molar-refractivity contribution in [3.05, 3.63) is 0 Å². The number of halogens is 1. The molecule has 4 unspecified atom stereocenters. The summed E-state index contributed by atoms with van der Waals surface area (Å²) in [5, 5.41) is 6.67. The van der Waals surface area contributed by atoms with Gasteiger partial charge in [-0.15, -0.1) is 12.4 Å². The number of carbonyl (C=O) groups excluding carboxylic acids is 1. The van der Waals surface area contributed by atoms with Gasteiger partial charge in [-0.2, -0.15) is 0 Å². The van der Waals surface area contributed by atoms with Gasteiger partial charge in [0.15, 0.2) is 0 Å². The molecule has 2 aliphatic rings. The van der Waals surface area contributed by atoms with Crippen molar-refractivity contribution in [2.24, 2.45) is 17.3 Å². The lowest BCUT2D eigenvalue weighted by atomic mass is 9.89. The van der Waals surface area contributed by atoms with E-state index in [1.807, 2.05) is 0 Å². The van der Waals surface area contributed by atoms with Crippen LogP contribution in [0.15, 0.2) is 0 Å². The standard InChI is InChI=1S/C13H24N2O.ClH/c1-8-5-6-14-9(2)11(8)15-12(16)10-7-13(10,3)4;/h8-11,14H,5-7H2,1-4H3,(H,15,16);1H. The molecule has 1 aliphatic heterocycles. The second-order valence-corrected chi connectivity index (χ2v) is 6.29. The summed E-state index contributed by atoms with van der Waals surface area (Å²) in [6.07, 6.45) is 2.20. The molecule has 0 spiro atoms. The maximum absolute atomic E-state index is 12.0. The van der Waals surface area contributed by atoms with Crippen LogP contribution in [0.1, 0.15) is 40.5 Å². The molecule has 0 aromatic rings. The Kier molecular flexibility index (Phi) is 4.48. The first-order valence-corrected chi connectivity index (χ1v) is 6.45. The van der Waals surface area contributed by atoms with Gasteiger partial charge in [0, 0.05) is 18.0 Å². The molecule has 100 valence electrons. The molecule has 17 heavy (non-hydrogen) atoms. The van der Waals surface area contributed by atoms with Crippen LogP contribution in [0.5, 0.6) is 0 Å². The van der Waals surface area contributed by atoms with E-state index in [1.165, 1.54) is 0 Å². The second-order valence-electron chi connectivity index (χ2n) is 6.29. The van der Waals surface area contributed by atoms with E-state index in [2.05, 4.69) is 38.3 Å². The molecule has 1 aliphatic carbocycles. The zero-order valence-electron chi connectivity index (χ0n) is 11.2. The highest BCUT2D eigenvalue weighted by Crippen LogP contribution is 2.51. The van der Waals surface area contributed by atoms with E-state index in [4.69, 9.17) is 0 Å². The summed E-state index contributed by atoms with van der Waals surface area (Å²) in [5.74, 6) is 1.09. The third kappa shape index (κ3) is 3.14. The average Bonchev–Trinajstić information content (AvgIpc) is 2.82. The molecule has 2 fully saturated rings. The van der Waals surface area contributed by atoms with E-state index in [1.54, 1.807) is 0 Å². The van der Waals surface area contributed by atoms with Crippen LogP contribution in [0.25, 0.3) is 0 Å². The van der Waals surface area contributed by atoms with Crippen LogP contribution in [0.3, 0.4) is 0 Å². The molecule has 4 atom stereocenters. The Balaban J connectivity index is 0.00000144. The fourth-order valence-corrected chi connectivity index (χ4v) is 2.78. The highest BCUT2D eigenvalue weighted by molar-refractivity contribution is 5.85. The molecule has 0 bridgehead atoms. The van der Waals surface area contributed by atoms with Crippen molar-refractivity contribution >= 4 is 18.3 Å². The van der Waals surface area contributed by atoms with Crippen molar-refractivity contribution in [2.75, 3.05) is 6.54 Å². The highest BCUT2D eigenvalue weighted by Gasteiger charge is 2.51. The van der Waals surface area contributed by atoms with Gasteiger partial charge < -0.3 is 10.6 Å². The second kappa shape index (κ2) is 5.15. The van der Waals surface area contributed by atoms with Gasteiger partial charge in [-0.25, -0.2) is 0 Å². The lowest BCUT2D eigenvalue weighted by Crippen LogP contribution is -2.56. The number of amides is 1. The molecule has 3 nitrogen and oxygen atoms in total. The van der Waals surface area contributed by atoms with Gasteiger partial charge in [0.1, 0.15) is 0 Å². The first kappa shape index (κ1) is 14.8. The number of carbonyl (C=O) groups is 1. The van der Waals surface area contributed by atoms with E-state index in [9.17, 15) is 4.79 Å². The van der Waals surface area contributed by atoms with Crippen molar-refractivity contribution in [1.29, 1.82) is 0 Å². The molecular weight excluding hydrogens is 236 g/mol. The highest BCUT2D eigenvalue weighted by atomic mass is 35.5. The maximum atomic E-state index is 12.0. The quantitative estimate of drug-likeness (QED) is 0.797. The lowest BCUT2D eigenvalue weighted by molar-refractivity contribution is -0.124. The van der Waals surface area contributed by atoms with Gasteiger partial charge in [-0.05, 0) is 37.6 Å². The van der Waals surface area contributed by atoms with Gasteiger partial charge in [0.05, 0.1) is 0 Å². The smallest absolute Gasteiger partial charge is 0.223 e. The molecule has 2 rings (SSSR count). The third-order valence-corrected chi connectivity index (χ3v) is 4.36. The van der Waals surface area contributed by atoms with Crippen LogP contribution in [-0.4, -0.2) is 24.5 Å². The van der Waals surface area contributed by atoms with E-state index >= 15 is 0 Å². The SMILES string of the molecule is CC1CCNC(C)C1NC(=O)C1CC1(C)C.Cl. The predicted molar refractivity (Wildman–Crippen MR) is 72.3 cm³/mol. The predicted octanol–water partition coefficient (Wildman–Crippen LogP) is 1.96. The van der Waals surface area contributed by atoms with Gasteiger partial charge in [-0.3, -0.25) is 4.79 Å². The van der Waals surface area contributed by atoms with Crippen molar-refractivity contribution in [3.8, 4) is 0 Å². The molecule has 0 aromatic heterocycles. The third-order valence-electron chi connectivity index (χ3n) is 4.36. The Bertz CT molecular complexity index is 283. The van der Waals surface area contributed by atoms with E-state index in [0.29, 0.717) is 18.0 Å². The van der Waals surface area contributed by atoms with Crippen LogP contribution in [0.4, 0.5) is 0 Å². The lowest BCUT2D eigenvalue weighted by Gasteiger charge is -2.36. The molecule has 1 saturated carbocycles. The molecule has 0 radical (unpaired) electrons. The van der Waals surface area contributed by atoms with Crippen LogP contribution in [0, 0.1) is 17.3 Å². The summed E-state index contributed by atoms with van der Waals surface area (Å²) < 4.78 is 0. The van der Waals surface area contributed by atoms with Crippen LogP contribution < -0.4 is 10.6 Å². The fraction of sp³-hybridized carbons (Fsp3) is 0.923. The van der Waals surface area contributed by atoms with E-state index in [0.717, 1.165) is 19.4 Å². The van der Waals surface area contributed by atoms with E-state index < -0.39 is 0 Å². The summed E-state index contributed by atoms with van der Waals surface area (Å²) in [6.45, 7) is 9.81. The summed E-state index contributed by atoms with van der Waals surface area (Å²) in [4.78, 5) is 12.0. The van der Waals surface area contributed by atoms with Crippen molar-refractivity contribution in [1.82, 2.24) is 10.6 Å². The molecule has 1 amide bonds. The van der Waals surface area contributed by atoms with Crippen LogP contribution in [0.2, 0.25) is 0 Å². The minimum absolute atomic E-state index is 0.